The Morgan fingerprint density at radius 3 is 2.50 bits per heavy atom. The summed E-state index contributed by atoms with van der Waals surface area (Å²) in [4.78, 5) is 25.9. The summed E-state index contributed by atoms with van der Waals surface area (Å²) in [5.41, 5.74) is 2.04. The van der Waals surface area contributed by atoms with Gasteiger partial charge in [-0.3, -0.25) is 9.59 Å². The van der Waals surface area contributed by atoms with Gasteiger partial charge in [0.25, 0.3) is 5.91 Å². The predicted molar refractivity (Wildman–Crippen MR) is 90.0 cm³/mol. The Morgan fingerprint density at radius 1 is 1.17 bits per heavy atom. The second-order valence-electron chi connectivity index (χ2n) is 6.05. The van der Waals surface area contributed by atoms with Crippen molar-refractivity contribution in [1.82, 2.24) is 4.90 Å². The van der Waals surface area contributed by atoms with Gasteiger partial charge in [0.05, 0.1) is 0 Å². The lowest BCUT2D eigenvalue weighted by Gasteiger charge is -2.23. The number of amides is 2. The molecule has 0 radical (unpaired) electrons. The van der Waals surface area contributed by atoms with E-state index in [1.807, 2.05) is 4.90 Å². The summed E-state index contributed by atoms with van der Waals surface area (Å²) in [7, 11) is 0. The van der Waals surface area contributed by atoms with Crippen molar-refractivity contribution in [1.29, 1.82) is 0 Å². The highest BCUT2D eigenvalue weighted by Gasteiger charge is 2.33. The van der Waals surface area contributed by atoms with Gasteiger partial charge in [-0.25, -0.2) is 4.39 Å². The SMILES string of the molecule is CC(=O)Nc1cccc(C(=O)N(Cc2ccc(F)cc2)C2CC2)c1. The molecule has 1 saturated carbocycles. The first kappa shape index (κ1) is 16.2. The second kappa shape index (κ2) is 6.83. The van der Waals surface area contributed by atoms with Crippen molar-refractivity contribution in [2.45, 2.75) is 32.4 Å². The number of rotatable bonds is 5. The van der Waals surface area contributed by atoms with Crippen LogP contribution < -0.4 is 5.32 Å². The van der Waals surface area contributed by atoms with Crippen LogP contribution in [-0.4, -0.2) is 22.8 Å². The van der Waals surface area contributed by atoms with E-state index in [9.17, 15) is 14.0 Å². The Labute approximate surface area is 140 Å². The molecule has 0 spiro atoms. The van der Waals surface area contributed by atoms with Gasteiger partial charge < -0.3 is 10.2 Å². The van der Waals surface area contributed by atoms with Gasteiger partial charge in [-0.15, -0.1) is 0 Å². The van der Waals surface area contributed by atoms with Crippen molar-refractivity contribution >= 4 is 17.5 Å². The van der Waals surface area contributed by atoms with Crippen molar-refractivity contribution in [2.75, 3.05) is 5.32 Å². The smallest absolute Gasteiger partial charge is 0.254 e. The molecular weight excluding hydrogens is 307 g/mol. The lowest BCUT2D eigenvalue weighted by atomic mass is 10.1. The monoisotopic (exact) mass is 326 g/mol. The van der Waals surface area contributed by atoms with E-state index in [4.69, 9.17) is 0 Å². The van der Waals surface area contributed by atoms with Crippen molar-refractivity contribution in [3.63, 3.8) is 0 Å². The molecule has 0 unspecified atom stereocenters. The molecule has 0 aromatic heterocycles. The Bertz CT molecular complexity index is 754. The minimum atomic E-state index is -0.286. The van der Waals surface area contributed by atoms with E-state index in [2.05, 4.69) is 5.32 Å². The molecule has 2 amide bonds. The molecule has 124 valence electrons. The number of hydrogen-bond donors (Lipinski definition) is 1. The summed E-state index contributed by atoms with van der Waals surface area (Å²) in [6.07, 6.45) is 1.97. The summed E-state index contributed by atoms with van der Waals surface area (Å²) in [5, 5.41) is 2.69. The molecule has 0 atom stereocenters. The first-order valence-electron chi connectivity index (χ1n) is 7.96. The fraction of sp³-hybridized carbons (Fsp3) is 0.263. The number of hydrogen-bond acceptors (Lipinski definition) is 2. The van der Waals surface area contributed by atoms with Gasteiger partial charge in [-0.05, 0) is 48.7 Å². The van der Waals surface area contributed by atoms with Crippen LogP contribution in [0.4, 0.5) is 10.1 Å². The van der Waals surface area contributed by atoms with Crippen molar-refractivity contribution < 1.29 is 14.0 Å². The van der Waals surface area contributed by atoms with Gasteiger partial charge in [0.1, 0.15) is 5.82 Å². The van der Waals surface area contributed by atoms with E-state index in [-0.39, 0.29) is 23.7 Å². The predicted octanol–water partition coefficient (Wildman–Crippen LogP) is 3.59. The molecule has 2 aromatic carbocycles. The van der Waals surface area contributed by atoms with Crippen LogP contribution in [0.3, 0.4) is 0 Å². The highest BCUT2D eigenvalue weighted by molar-refractivity contribution is 5.97. The molecule has 1 aliphatic carbocycles. The van der Waals surface area contributed by atoms with E-state index in [0.29, 0.717) is 17.8 Å². The third-order valence-electron chi connectivity index (χ3n) is 3.94. The molecule has 0 heterocycles. The number of carbonyl (C=O) groups is 2. The molecule has 1 fully saturated rings. The molecule has 2 aromatic rings. The molecule has 1 aliphatic rings. The van der Waals surface area contributed by atoms with Crippen LogP contribution in [0, 0.1) is 5.82 Å². The third kappa shape index (κ3) is 3.98. The maximum atomic E-state index is 13.1. The van der Waals surface area contributed by atoms with Gasteiger partial charge in [-0.2, -0.15) is 0 Å². The van der Waals surface area contributed by atoms with Crippen LogP contribution in [0.1, 0.15) is 35.7 Å². The summed E-state index contributed by atoms with van der Waals surface area (Å²) in [6.45, 7) is 1.88. The first-order valence-corrected chi connectivity index (χ1v) is 7.96. The van der Waals surface area contributed by atoms with Crippen LogP contribution in [0.5, 0.6) is 0 Å². The molecule has 0 aliphatic heterocycles. The molecule has 24 heavy (non-hydrogen) atoms. The first-order chi connectivity index (χ1) is 11.5. The number of halogens is 1. The van der Waals surface area contributed by atoms with Crippen molar-refractivity contribution in [3.8, 4) is 0 Å². The minimum Gasteiger partial charge on any atom is -0.331 e. The van der Waals surface area contributed by atoms with Crippen LogP contribution in [-0.2, 0) is 11.3 Å². The Kier molecular flexibility index (Phi) is 4.60. The molecule has 3 rings (SSSR count). The molecule has 4 nitrogen and oxygen atoms in total. The summed E-state index contributed by atoms with van der Waals surface area (Å²) in [6, 6.07) is 13.4. The van der Waals surface area contributed by atoms with Crippen LogP contribution in [0.15, 0.2) is 48.5 Å². The van der Waals surface area contributed by atoms with Crippen molar-refractivity contribution in [2.24, 2.45) is 0 Å². The molecule has 5 heteroatoms. The summed E-state index contributed by atoms with van der Waals surface area (Å²) < 4.78 is 13.1. The number of carbonyl (C=O) groups excluding carboxylic acids is 2. The quantitative estimate of drug-likeness (QED) is 0.913. The molecule has 0 bridgehead atoms. The molecule has 0 saturated heterocycles. The van der Waals surface area contributed by atoms with Gasteiger partial charge in [0, 0.05) is 30.8 Å². The van der Waals surface area contributed by atoms with Crippen molar-refractivity contribution in [3.05, 3.63) is 65.5 Å². The van der Waals surface area contributed by atoms with Gasteiger partial charge >= 0.3 is 0 Å². The normalized spacial score (nSPS) is 13.4. The summed E-state index contributed by atoms with van der Waals surface area (Å²) >= 11 is 0. The zero-order valence-corrected chi connectivity index (χ0v) is 13.5. The number of benzene rings is 2. The van der Waals surface area contributed by atoms with Crippen LogP contribution in [0.2, 0.25) is 0 Å². The van der Waals surface area contributed by atoms with E-state index in [1.54, 1.807) is 36.4 Å². The van der Waals surface area contributed by atoms with E-state index in [0.717, 1.165) is 18.4 Å². The maximum Gasteiger partial charge on any atom is 0.254 e. The fourth-order valence-electron chi connectivity index (χ4n) is 2.64. The fourth-order valence-corrected chi connectivity index (χ4v) is 2.64. The highest BCUT2D eigenvalue weighted by atomic mass is 19.1. The van der Waals surface area contributed by atoms with E-state index >= 15 is 0 Å². The zero-order valence-electron chi connectivity index (χ0n) is 13.5. The average molecular weight is 326 g/mol. The third-order valence-corrected chi connectivity index (χ3v) is 3.94. The number of nitrogens with one attached hydrogen (secondary N) is 1. The Balaban J connectivity index is 1.79. The summed E-state index contributed by atoms with van der Waals surface area (Å²) in [5.74, 6) is -0.537. The number of anilines is 1. The minimum absolute atomic E-state index is 0.0750. The molecule has 1 N–H and O–H groups in total. The van der Waals surface area contributed by atoms with E-state index < -0.39 is 0 Å². The average Bonchev–Trinajstić information content (AvgIpc) is 3.38. The standard InChI is InChI=1S/C19H19FN2O2/c1-13(23)21-17-4-2-3-15(11-17)19(24)22(18-9-10-18)12-14-5-7-16(20)8-6-14/h2-8,11,18H,9-10,12H2,1H3,(H,21,23). The topological polar surface area (TPSA) is 49.4 Å². The largest absolute Gasteiger partial charge is 0.331 e. The van der Waals surface area contributed by atoms with Gasteiger partial charge in [0.2, 0.25) is 5.91 Å². The lowest BCUT2D eigenvalue weighted by molar-refractivity contribution is -0.114. The van der Waals surface area contributed by atoms with Crippen LogP contribution in [0.25, 0.3) is 0 Å². The Hall–Kier alpha value is -2.69. The Morgan fingerprint density at radius 2 is 1.88 bits per heavy atom. The lowest BCUT2D eigenvalue weighted by Crippen LogP contribution is -2.32. The highest BCUT2D eigenvalue weighted by Crippen LogP contribution is 2.30. The maximum absolute atomic E-state index is 13.1. The second-order valence-corrected chi connectivity index (χ2v) is 6.05. The van der Waals surface area contributed by atoms with Gasteiger partial charge in [0.15, 0.2) is 0 Å². The van der Waals surface area contributed by atoms with Gasteiger partial charge in [-0.1, -0.05) is 18.2 Å². The molecular formula is C19H19FN2O2. The zero-order chi connectivity index (χ0) is 17.1. The number of nitrogens with zero attached hydrogens (tertiary/aromatic N) is 1. The van der Waals surface area contributed by atoms with Crippen LogP contribution >= 0.6 is 0 Å². The van der Waals surface area contributed by atoms with E-state index in [1.165, 1.54) is 19.1 Å².